The zero-order valence-corrected chi connectivity index (χ0v) is 16.1. The number of hydrogen-bond donors (Lipinski definition) is 2. The molecule has 3 rings (SSSR count). The summed E-state index contributed by atoms with van der Waals surface area (Å²) in [6.07, 6.45) is 3.32. The Labute approximate surface area is 155 Å². The van der Waals surface area contributed by atoms with Crippen LogP contribution >= 0.6 is 0 Å². The highest BCUT2D eigenvalue weighted by molar-refractivity contribution is 5.79. The third kappa shape index (κ3) is 4.94. The van der Waals surface area contributed by atoms with Crippen LogP contribution in [0, 0.1) is 11.8 Å². The molecule has 0 radical (unpaired) electrons. The summed E-state index contributed by atoms with van der Waals surface area (Å²) in [6, 6.07) is 5.89. The van der Waals surface area contributed by atoms with Crippen LogP contribution < -0.4 is 10.6 Å². The van der Waals surface area contributed by atoms with Gasteiger partial charge in [-0.3, -0.25) is 4.40 Å². The van der Waals surface area contributed by atoms with Crippen molar-refractivity contribution in [3.63, 3.8) is 0 Å². The fraction of sp³-hybridized carbons (Fsp3) is 0.632. The number of hydrogen-bond acceptors (Lipinski definition) is 4. The van der Waals surface area contributed by atoms with Crippen molar-refractivity contribution >= 4 is 11.6 Å². The van der Waals surface area contributed by atoms with Crippen molar-refractivity contribution in [2.24, 2.45) is 16.8 Å². The summed E-state index contributed by atoms with van der Waals surface area (Å²) in [4.78, 5) is 7.23. The normalized spacial score (nSPS) is 21.9. The SMILES string of the molecule is CCNC(=NCc1nnc2ccccn12)NCCN1CC(C)CC(C)C1. The number of piperidine rings is 1. The lowest BCUT2D eigenvalue weighted by Gasteiger charge is -2.35. The largest absolute Gasteiger partial charge is 0.357 e. The van der Waals surface area contributed by atoms with Crippen LogP contribution in [0.15, 0.2) is 29.4 Å². The molecule has 7 nitrogen and oxygen atoms in total. The van der Waals surface area contributed by atoms with Gasteiger partial charge in [0.05, 0.1) is 0 Å². The number of nitrogens with one attached hydrogen (secondary N) is 2. The third-order valence-corrected chi connectivity index (χ3v) is 4.77. The Kier molecular flexibility index (Phi) is 6.44. The van der Waals surface area contributed by atoms with Gasteiger partial charge in [-0.05, 0) is 37.3 Å². The van der Waals surface area contributed by atoms with Crippen LogP contribution in [0.5, 0.6) is 0 Å². The number of aromatic nitrogens is 3. The molecule has 0 amide bonds. The van der Waals surface area contributed by atoms with Gasteiger partial charge in [-0.25, -0.2) is 4.99 Å². The Balaban J connectivity index is 1.54. The minimum absolute atomic E-state index is 0.498. The number of likely N-dealkylation sites (tertiary alicyclic amines) is 1. The van der Waals surface area contributed by atoms with E-state index >= 15 is 0 Å². The van der Waals surface area contributed by atoms with Gasteiger partial charge >= 0.3 is 0 Å². The lowest BCUT2D eigenvalue weighted by molar-refractivity contribution is 0.143. The third-order valence-electron chi connectivity index (χ3n) is 4.77. The van der Waals surface area contributed by atoms with Gasteiger partial charge < -0.3 is 15.5 Å². The maximum Gasteiger partial charge on any atom is 0.191 e. The van der Waals surface area contributed by atoms with E-state index in [1.165, 1.54) is 19.5 Å². The first-order valence-corrected chi connectivity index (χ1v) is 9.69. The van der Waals surface area contributed by atoms with Gasteiger partial charge in [-0.2, -0.15) is 0 Å². The molecule has 1 aliphatic heterocycles. The van der Waals surface area contributed by atoms with Gasteiger partial charge in [0, 0.05) is 38.9 Å². The number of fused-ring (bicyclic) bond motifs is 1. The summed E-state index contributed by atoms with van der Waals surface area (Å²) >= 11 is 0. The van der Waals surface area contributed by atoms with Gasteiger partial charge in [0.25, 0.3) is 0 Å². The van der Waals surface area contributed by atoms with Crippen molar-refractivity contribution in [3.8, 4) is 0 Å². The molecule has 0 bridgehead atoms. The molecule has 2 aromatic heterocycles. The Hall–Kier alpha value is -2.15. The van der Waals surface area contributed by atoms with E-state index in [9.17, 15) is 0 Å². The van der Waals surface area contributed by atoms with Crippen LogP contribution in [0.3, 0.4) is 0 Å². The molecule has 2 aromatic rings. The van der Waals surface area contributed by atoms with Crippen LogP contribution in [-0.2, 0) is 6.54 Å². The van der Waals surface area contributed by atoms with E-state index in [2.05, 4.69) is 51.5 Å². The second kappa shape index (κ2) is 8.98. The number of pyridine rings is 1. The first kappa shape index (κ1) is 18.6. The summed E-state index contributed by atoms with van der Waals surface area (Å²) in [5.41, 5.74) is 0.851. The van der Waals surface area contributed by atoms with Crippen LogP contribution in [0.25, 0.3) is 5.65 Å². The van der Waals surface area contributed by atoms with Crippen molar-refractivity contribution in [1.29, 1.82) is 0 Å². The second-order valence-corrected chi connectivity index (χ2v) is 7.37. The van der Waals surface area contributed by atoms with E-state index in [0.29, 0.717) is 6.54 Å². The number of aliphatic imine (C=N–C) groups is 1. The summed E-state index contributed by atoms with van der Waals surface area (Å²) in [5.74, 6) is 3.26. The van der Waals surface area contributed by atoms with Gasteiger partial charge in [0.1, 0.15) is 6.54 Å². The Morgan fingerprint density at radius 1 is 1.19 bits per heavy atom. The topological polar surface area (TPSA) is 69.8 Å². The monoisotopic (exact) mass is 357 g/mol. The maximum atomic E-state index is 4.67. The fourth-order valence-corrected chi connectivity index (χ4v) is 3.80. The minimum atomic E-state index is 0.498. The molecule has 2 N–H and O–H groups in total. The van der Waals surface area contributed by atoms with Crippen LogP contribution in [0.4, 0.5) is 0 Å². The molecule has 0 saturated carbocycles. The molecule has 1 saturated heterocycles. The summed E-state index contributed by atoms with van der Waals surface area (Å²) in [5, 5.41) is 15.2. The quantitative estimate of drug-likeness (QED) is 0.609. The number of nitrogens with zero attached hydrogens (tertiary/aromatic N) is 5. The summed E-state index contributed by atoms with van der Waals surface area (Å²) in [6.45, 7) is 12.5. The molecule has 0 aliphatic carbocycles. The molecule has 0 aromatic carbocycles. The fourth-order valence-electron chi connectivity index (χ4n) is 3.80. The number of rotatable bonds is 6. The Morgan fingerprint density at radius 3 is 2.77 bits per heavy atom. The van der Waals surface area contributed by atoms with E-state index in [4.69, 9.17) is 0 Å². The minimum Gasteiger partial charge on any atom is -0.357 e. The Morgan fingerprint density at radius 2 is 2.00 bits per heavy atom. The van der Waals surface area contributed by atoms with Crippen molar-refractivity contribution in [3.05, 3.63) is 30.2 Å². The van der Waals surface area contributed by atoms with Crippen LogP contribution in [-0.4, -0.2) is 58.2 Å². The molecule has 142 valence electrons. The summed E-state index contributed by atoms with van der Waals surface area (Å²) < 4.78 is 1.98. The molecular weight excluding hydrogens is 326 g/mol. The lowest BCUT2D eigenvalue weighted by atomic mass is 9.92. The standard InChI is InChI=1S/C19H31N7/c1-4-20-19(21-8-10-25-13-15(2)11-16(3)14-25)22-12-18-24-23-17-7-5-6-9-26(17)18/h5-7,9,15-16H,4,8,10-14H2,1-3H3,(H2,20,21,22). The van der Waals surface area contributed by atoms with E-state index in [-0.39, 0.29) is 0 Å². The maximum absolute atomic E-state index is 4.67. The molecule has 26 heavy (non-hydrogen) atoms. The van der Waals surface area contributed by atoms with E-state index in [0.717, 1.165) is 48.9 Å². The van der Waals surface area contributed by atoms with Gasteiger partial charge in [-0.15, -0.1) is 10.2 Å². The molecule has 2 unspecified atom stereocenters. The van der Waals surface area contributed by atoms with Crippen LogP contribution in [0.2, 0.25) is 0 Å². The van der Waals surface area contributed by atoms with Gasteiger partial charge in [0.2, 0.25) is 0 Å². The number of guanidine groups is 1. The predicted molar refractivity (Wildman–Crippen MR) is 105 cm³/mol. The molecular formula is C19H31N7. The van der Waals surface area contributed by atoms with Crippen molar-refractivity contribution < 1.29 is 0 Å². The van der Waals surface area contributed by atoms with E-state index in [1.54, 1.807) is 0 Å². The molecule has 1 fully saturated rings. The molecule has 1 aliphatic rings. The predicted octanol–water partition coefficient (Wildman–Crippen LogP) is 1.76. The highest BCUT2D eigenvalue weighted by atomic mass is 15.3. The summed E-state index contributed by atoms with van der Waals surface area (Å²) in [7, 11) is 0. The van der Waals surface area contributed by atoms with Crippen molar-refractivity contribution in [2.75, 3.05) is 32.7 Å². The van der Waals surface area contributed by atoms with Gasteiger partial charge in [-0.1, -0.05) is 19.9 Å². The first-order valence-electron chi connectivity index (χ1n) is 9.69. The average molecular weight is 358 g/mol. The zero-order valence-electron chi connectivity index (χ0n) is 16.1. The zero-order chi connectivity index (χ0) is 18.4. The van der Waals surface area contributed by atoms with Crippen molar-refractivity contribution in [1.82, 2.24) is 30.1 Å². The average Bonchev–Trinajstić information content (AvgIpc) is 3.02. The highest BCUT2D eigenvalue weighted by Gasteiger charge is 2.21. The van der Waals surface area contributed by atoms with E-state index < -0.39 is 0 Å². The molecule has 0 spiro atoms. The second-order valence-electron chi connectivity index (χ2n) is 7.37. The smallest absolute Gasteiger partial charge is 0.191 e. The first-order chi connectivity index (χ1) is 12.7. The van der Waals surface area contributed by atoms with Crippen molar-refractivity contribution in [2.45, 2.75) is 33.7 Å². The van der Waals surface area contributed by atoms with Gasteiger partial charge in [0.15, 0.2) is 17.4 Å². The molecule has 3 heterocycles. The molecule has 2 atom stereocenters. The molecule has 7 heteroatoms. The van der Waals surface area contributed by atoms with E-state index in [1.807, 2.05) is 28.8 Å². The highest BCUT2D eigenvalue weighted by Crippen LogP contribution is 2.20. The Bertz CT molecular complexity index is 714. The van der Waals surface area contributed by atoms with Crippen LogP contribution in [0.1, 0.15) is 33.0 Å². The lowest BCUT2D eigenvalue weighted by Crippen LogP contribution is -2.45.